The number of rotatable bonds is 3. The van der Waals surface area contributed by atoms with E-state index >= 15 is 0 Å². The molecule has 0 atom stereocenters. The number of aromatic nitrogens is 2. The molecule has 11 heavy (non-hydrogen) atoms. The summed E-state index contributed by atoms with van der Waals surface area (Å²) in [6.45, 7) is 2.71. The Labute approximate surface area is 65.3 Å². The molecule has 1 aromatic rings. The first-order valence-electron chi connectivity index (χ1n) is 3.53. The van der Waals surface area contributed by atoms with Crippen molar-refractivity contribution in [3.8, 4) is 0 Å². The maximum atomic E-state index is 8.71. The summed E-state index contributed by atoms with van der Waals surface area (Å²) in [6, 6.07) is 1.68. The molecular weight excluding hydrogens is 142 g/mol. The average molecular weight is 153 g/mol. The molecule has 0 saturated carbocycles. The lowest BCUT2D eigenvalue weighted by Crippen LogP contribution is -2.03. The highest BCUT2D eigenvalue weighted by Crippen LogP contribution is 1.98. The van der Waals surface area contributed by atoms with Crippen molar-refractivity contribution >= 4 is 5.95 Å². The quantitative estimate of drug-likeness (QED) is 0.660. The average Bonchev–Trinajstić information content (AvgIpc) is 2.06. The number of hydrogen-bond donors (Lipinski definition) is 2. The van der Waals surface area contributed by atoms with Crippen molar-refractivity contribution in [1.82, 2.24) is 9.97 Å². The monoisotopic (exact) mass is 153 g/mol. The number of hydrogen-bond acceptors (Lipinski definition) is 4. The predicted octanol–water partition coefficient (Wildman–Crippen LogP) is 0.401. The van der Waals surface area contributed by atoms with Gasteiger partial charge in [0, 0.05) is 12.7 Å². The molecule has 0 amide bonds. The summed E-state index contributed by atoms with van der Waals surface area (Å²) >= 11 is 0. The lowest BCUT2D eigenvalue weighted by atomic mass is 10.4. The third-order valence-corrected chi connectivity index (χ3v) is 1.21. The van der Waals surface area contributed by atoms with E-state index in [1.165, 1.54) is 0 Å². The van der Waals surface area contributed by atoms with Gasteiger partial charge in [-0.3, -0.25) is 0 Å². The van der Waals surface area contributed by atoms with Crippen LogP contribution in [-0.4, -0.2) is 21.6 Å². The maximum absolute atomic E-state index is 8.71. The zero-order valence-corrected chi connectivity index (χ0v) is 6.41. The summed E-state index contributed by atoms with van der Waals surface area (Å²) in [5, 5.41) is 11.7. The summed E-state index contributed by atoms with van der Waals surface area (Å²) in [6.07, 6.45) is 1.62. The van der Waals surface area contributed by atoms with Gasteiger partial charge in [0.25, 0.3) is 0 Å². The molecule has 0 saturated heterocycles. The smallest absolute Gasteiger partial charge is 0.222 e. The highest BCUT2D eigenvalue weighted by Gasteiger charge is 1.94. The second kappa shape index (κ2) is 3.88. The summed E-state index contributed by atoms with van der Waals surface area (Å²) in [7, 11) is 0. The molecule has 1 heterocycles. The summed E-state index contributed by atoms with van der Waals surface area (Å²) in [4.78, 5) is 7.95. The zero-order valence-electron chi connectivity index (χ0n) is 6.41. The third kappa shape index (κ3) is 2.16. The van der Waals surface area contributed by atoms with Gasteiger partial charge in [-0.1, -0.05) is 0 Å². The fraction of sp³-hybridized carbons (Fsp3) is 0.429. The SMILES string of the molecule is CCNc1nccc(CO)n1. The Balaban J connectivity index is 2.74. The molecule has 0 unspecified atom stereocenters. The van der Waals surface area contributed by atoms with Crippen LogP contribution in [0.3, 0.4) is 0 Å². The minimum Gasteiger partial charge on any atom is -0.390 e. The molecule has 4 heteroatoms. The minimum absolute atomic E-state index is 0.0408. The molecule has 0 fully saturated rings. The number of aliphatic hydroxyl groups excluding tert-OH is 1. The molecule has 2 N–H and O–H groups in total. The number of aliphatic hydroxyl groups is 1. The predicted molar refractivity (Wildman–Crippen MR) is 42.1 cm³/mol. The van der Waals surface area contributed by atoms with E-state index in [1.54, 1.807) is 12.3 Å². The van der Waals surface area contributed by atoms with Crippen molar-refractivity contribution in [2.75, 3.05) is 11.9 Å². The third-order valence-electron chi connectivity index (χ3n) is 1.21. The second-order valence-electron chi connectivity index (χ2n) is 2.06. The van der Waals surface area contributed by atoms with Crippen LogP contribution in [0.15, 0.2) is 12.3 Å². The van der Waals surface area contributed by atoms with Gasteiger partial charge in [-0.15, -0.1) is 0 Å². The van der Waals surface area contributed by atoms with Crippen LogP contribution in [0.25, 0.3) is 0 Å². The van der Waals surface area contributed by atoms with Gasteiger partial charge in [0.15, 0.2) is 0 Å². The van der Waals surface area contributed by atoms with Gasteiger partial charge in [-0.05, 0) is 13.0 Å². The van der Waals surface area contributed by atoms with E-state index in [0.29, 0.717) is 11.6 Å². The normalized spacial score (nSPS) is 9.64. The van der Waals surface area contributed by atoms with Crippen molar-refractivity contribution in [3.05, 3.63) is 18.0 Å². The van der Waals surface area contributed by atoms with Crippen molar-refractivity contribution < 1.29 is 5.11 Å². The standard InChI is InChI=1S/C7H11N3O/c1-2-8-7-9-4-3-6(5-11)10-7/h3-4,11H,2,5H2,1H3,(H,8,9,10). The molecule has 0 bridgehead atoms. The van der Waals surface area contributed by atoms with E-state index in [2.05, 4.69) is 15.3 Å². The zero-order chi connectivity index (χ0) is 8.10. The molecule has 4 nitrogen and oxygen atoms in total. The topological polar surface area (TPSA) is 58.0 Å². The van der Waals surface area contributed by atoms with E-state index in [-0.39, 0.29) is 6.61 Å². The van der Waals surface area contributed by atoms with Gasteiger partial charge in [0.05, 0.1) is 12.3 Å². The minimum atomic E-state index is -0.0408. The van der Waals surface area contributed by atoms with Crippen LogP contribution >= 0.6 is 0 Å². The summed E-state index contributed by atoms with van der Waals surface area (Å²) in [5.41, 5.74) is 0.635. The van der Waals surface area contributed by atoms with Crippen LogP contribution in [0, 0.1) is 0 Å². The molecular formula is C7H11N3O. The van der Waals surface area contributed by atoms with Crippen LogP contribution in [-0.2, 0) is 6.61 Å². The van der Waals surface area contributed by atoms with Crippen LogP contribution in [0.5, 0.6) is 0 Å². The molecule has 1 rings (SSSR count). The molecule has 0 radical (unpaired) electrons. The Bertz CT molecular complexity index is 227. The van der Waals surface area contributed by atoms with Gasteiger partial charge in [-0.25, -0.2) is 9.97 Å². The summed E-state index contributed by atoms with van der Waals surface area (Å²) < 4.78 is 0. The molecule has 1 aromatic heterocycles. The molecule has 60 valence electrons. The van der Waals surface area contributed by atoms with Gasteiger partial charge in [0.2, 0.25) is 5.95 Å². The van der Waals surface area contributed by atoms with Crippen LogP contribution in [0.4, 0.5) is 5.95 Å². The fourth-order valence-electron chi connectivity index (χ4n) is 0.727. The Morgan fingerprint density at radius 3 is 3.09 bits per heavy atom. The van der Waals surface area contributed by atoms with Crippen molar-refractivity contribution in [3.63, 3.8) is 0 Å². The van der Waals surface area contributed by atoms with Gasteiger partial charge in [-0.2, -0.15) is 0 Å². The molecule has 0 aromatic carbocycles. The van der Waals surface area contributed by atoms with Crippen LogP contribution < -0.4 is 5.32 Å². The largest absolute Gasteiger partial charge is 0.390 e. The van der Waals surface area contributed by atoms with Crippen molar-refractivity contribution in [2.24, 2.45) is 0 Å². The van der Waals surface area contributed by atoms with E-state index in [1.807, 2.05) is 6.92 Å². The Morgan fingerprint density at radius 2 is 2.45 bits per heavy atom. The molecule has 0 aliphatic rings. The first-order chi connectivity index (χ1) is 5.36. The number of anilines is 1. The highest BCUT2D eigenvalue weighted by atomic mass is 16.3. The second-order valence-corrected chi connectivity index (χ2v) is 2.06. The van der Waals surface area contributed by atoms with Crippen molar-refractivity contribution in [2.45, 2.75) is 13.5 Å². The van der Waals surface area contributed by atoms with E-state index in [9.17, 15) is 0 Å². The van der Waals surface area contributed by atoms with Gasteiger partial charge >= 0.3 is 0 Å². The number of nitrogens with one attached hydrogen (secondary N) is 1. The maximum Gasteiger partial charge on any atom is 0.222 e. The molecule has 0 aliphatic heterocycles. The van der Waals surface area contributed by atoms with Crippen LogP contribution in [0.1, 0.15) is 12.6 Å². The molecule has 0 spiro atoms. The van der Waals surface area contributed by atoms with Gasteiger partial charge < -0.3 is 10.4 Å². The molecule has 0 aliphatic carbocycles. The van der Waals surface area contributed by atoms with E-state index in [4.69, 9.17) is 5.11 Å². The van der Waals surface area contributed by atoms with E-state index in [0.717, 1.165) is 6.54 Å². The lowest BCUT2D eigenvalue weighted by molar-refractivity contribution is 0.277. The van der Waals surface area contributed by atoms with Crippen molar-refractivity contribution in [1.29, 1.82) is 0 Å². The Kier molecular flexibility index (Phi) is 2.80. The Hall–Kier alpha value is -1.16. The van der Waals surface area contributed by atoms with Gasteiger partial charge in [0.1, 0.15) is 0 Å². The number of nitrogens with zero attached hydrogens (tertiary/aromatic N) is 2. The summed E-state index contributed by atoms with van der Waals surface area (Å²) in [5.74, 6) is 0.569. The van der Waals surface area contributed by atoms with E-state index < -0.39 is 0 Å². The van der Waals surface area contributed by atoms with Crippen LogP contribution in [0.2, 0.25) is 0 Å². The Morgan fingerprint density at radius 1 is 1.64 bits per heavy atom. The first-order valence-corrected chi connectivity index (χ1v) is 3.53. The lowest BCUT2D eigenvalue weighted by Gasteiger charge is -2.00. The first kappa shape index (κ1) is 7.94. The fourth-order valence-corrected chi connectivity index (χ4v) is 0.727. The highest BCUT2D eigenvalue weighted by molar-refractivity contribution is 5.24.